The summed E-state index contributed by atoms with van der Waals surface area (Å²) in [7, 11) is 0. The van der Waals surface area contributed by atoms with Crippen molar-refractivity contribution >= 4 is 11.6 Å². The molecule has 1 aliphatic carbocycles. The molecule has 132 valence electrons. The first kappa shape index (κ1) is 17.2. The van der Waals surface area contributed by atoms with E-state index in [1.165, 1.54) is 5.69 Å². The summed E-state index contributed by atoms with van der Waals surface area (Å²) >= 11 is 0. The molecule has 2 aliphatic rings. The van der Waals surface area contributed by atoms with Crippen LogP contribution in [0.15, 0.2) is 30.3 Å². The van der Waals surface area contributed by atoms with Gasteiger partial charge in [-0.3, -0.25) is 9.69 Å². The lowest BCUT2D eigenvalue weighted by molar-refractivity contribution is -0.125. The molecular weight excluding hydrogens is 300 g/mol. The van der Waals surface area contributed by atoms with Crippen molar-refractivity contribution < 1.29 is 4.79 Å². The average molecular weight is 330 g/mol. The highest BCUT2D eigenvalue weighted by atomic mass is 16.1. The molecule has 2 fully saturated rings. The van der Waals surface area contributed by atoms with Crippen LogP contribution in [0.5, 0.6) is 0 Å². The Hall–Kier alpha value is -1.59. The zero-order valence-corrected chi connectivity index (χ0v) is 14.7. The number of hydrogen-bond acceptors (Lipinski definition) is 4. The first-order valence-electron chi connectivity index (χ1n) is 9.21. The molecule has 1 aromatic carbocycles. The highest BCUT2D eigenvalue weighted by molar-refractivity contribution is 5.79. The van der Waals surface area contributed by atoms with Gasteiger partial charge in [-0.25, -0.2) is 0 Å². The molecule has 3 unspecified atom stereocenters. The van der Waals surface area contributed by atoms with E-state index in [9.17, 15) is 4.79 Å². The Kier molecular flexibility index (Phi) is 5.74. The van der Waals surface area contributed by atoms with Crippen LogP contribution in [-0.4, -0.2) is 55.6 Å². The van der Waals surface area contributed by atoms with E-state index in [1.807, 2.05) is 0 Å². The zero-order chi connectivity index (χ0) is 16.9. The summed E-state index contributed by atoms with van der Waals surface area (Å²) in [6, 6.07) is 11.2. The van der Waals surface area contributed by atoms with Gasteiger partial charge in [0.05, 0.1) is 0 Å². The van der Waals surface area contributed by atoms with Crippen LogP contribution in [-0.2, 0) is 4.79 Å². The number of carbonyl (C=O) groups excluding carboxylic acids is 1. The highest BCUT2D eigenvalue weighted by Crippen LogP contribution is 2.24. The molecule has 1 aromatic rings. The van der Waals surface area contributed by atoms with Gasteiger partial charge in [0.15, 0.2) is 0 Å². The number of carbonyl (C=O) groups is 1. The van der Waals surface area contributed by atoms with Gasteiger partial charge in [0, 0.05) is 56.4 Å². The third kappa shape index (κ3) is 4.28. The third-order valence-corrected chi connectivity index (χ3v) is 5.47. The number of para-hydroxylation sites is 1. The Bertz CT molecular complexity index is 527. The quantitative estimate of drug-likeness (QED) is 0.858. The van der Waals surface area contributed by atoms with E-state index in [1.54, 1.807) is 0 Å². The molecule has 3 rings (SSSR count). The van der Waals surface area contributed by atoms with Gasteiger partial charge in [0.1, 0.15) is 0 Å². The van der Waals surface area contributed by atoms with Gasteiger partial charge in [0.2, 0.25) is 5.91 Å². The van der Waals surface area contributed by atoms with Gasteiger partial charge >= 0.3 is 0 Å². The Labute approximate surface area is 145 Å². The van der Waals surface area contributed by atoms with Crippen LogP contribution in [0.1, 0.15) is 26.2 Å². The average Bonchev–Trinajstić information content (AvgIpc) is 3.07. The molecule has 1 saturated carbocycles. The number of anilines is 1. The van der Waals surface area contributed by atoms with Gasteiger partial charge in [-0.1, -0.05) is 18.2 Å². The minimum absolute atomic E-state index is 0.127. The Morgan fingerprint density at radius 1 is 1.21 bits per heavy atom. The molecule has 3 N–H and O–H groups in total. The summed E-state index contributed by atoms with van der Waals surface area (Å²) in [6.45, 7) is 7.11. The van der Waals surface area contributed by atoms with E-state index >= 15 is 0 Å². The number of hydrogen-bond donors (Lipinski definition) is 2. The number of benzene rings is 1. The van der Waals surface area contributed by atoms with E-state index in [-0.39, 0.29) is 17.9 Å². The van der Waals surface area contributed by atoms with Crippen LogP contribution < -0.4 is 16.0 Å². The monoisotopic (exact) mass is 330 g/mol. The molecule has 1 aliphatic heterocycles. The summed E-state index contributed by atoms with van der Waals surface area (Å²) in [5, 5.41) is 3.14. The molecule has 0 aromatic heterocycles. The second-order valence-corrected chi connectivity index (χ2v) is 7.22. The summed E-state index contributed by atoms with van der Waals surface area (Å²) in [6.07, 6.45) is 2.77. The summed E-state index contributed by atoms with van der Waals surface area (Å²) < 4.78 is 0. The first-order chi connectivity index (χ1) is 11.6. The molecule has 0 spiro atoms. The third-order valence-electron chi connectivity index (χ3n) is 5.47. The van der Waals surface area contributed by atoms with Gasteiger partial charge in [-0.05, 0) is 38.3 Å². The molecular formula is C19H30N4O. The summed E-state index contributed by atoms with van der Waals surface area (Å²) in [5.74, 6) is 0.319. The van der Waals surface area contributed by atoms with E-state index < -0.39 is 0 Å². The summed E-state index contributed by atoms with van der Waals surface area (Å²) in [4.78, 5) is 17.1. The maximum absolute atomic E-state index is 12.2. The normalized spacial score (nSPS) is 26.3. The van der Waals surface area contributed by atoms with Crippen molar-refractivity contribution in [3.63, 3.8) is 0 Å². The van der Waals surface area contributed by atoms with Crippen molar-refractivity contribution in [2.24, 2.45) is 11.7 Å². The van der Waals surface area contributed by atoms with Crippen LogP contribution in [0.2, 0.25) is 0 Å². The molecule has 0 radical (unpaired) electrons. The lowest BCUT2D eigenvalue weighted by atomic mass is 10.1. The number of rotatable bonds is 5. The Morgan fingerprint density at radius 2 is 1.92 bits per heavy atom. The molecule has 1 amide bonds. The SMILES string of the molecule is CC(CNC(=O)C1CCC(N)C1)N1CCN(c2ccccc2)CC1. The Morgan fingerprint density at radius 3 is 2.54 bits per heavy atom. The molecule has 24 heavy (non-hydrogen) atoms. The van der Waals surface area contributed by atoms with E-state index in [2.05, 4.69) is 52.4 Å². The second-order valence-electron chi connectivity index (χ2n) is 7.22. The maximum Gasteiger partial charge on any atom is 0.223 e. The van der Waals surface area contributed by atoms with Crippen molar-refractivity contribution in [1.82, 2.24) is 10.2 Å². The molecule has 0 bridgehead atoms. The molecule has 3 atom stereocenters. The van der Waals surface area contributed by atoms with E-state index in [4.69, 9.17) is 5.73 Å². The molecule has 1 heterocycles. The first-order valence-corrected chi connectivity index (χ1v) is 9.21. The van der Waals surface area contributed by atoms with Crippen LogP contribution in [0, 0.1) is 5.92 Å². The topological polar surface area (TPSA) is 61.6 Å². The van der Waals surface area contributed by atoms with Crippen LogP contribution in [0.25, 0.3) is 0 Å². The molecule has 5 heteroatoms. The standard InChI is InChI=1S/C19H30N4O/c1-15(14-21-19(24)16-7-8-17(20)13-16)22-9-11-23(12-10-22)18-5-3-2-4-6-18/h2-6,15-17H,7-14,20H2,1H3,(H,21,24). The number of amides is 1. The number of nitrogens with zero attached hydrogens (tertiary/aromatic N) is 2. The van der Waals surface area contributed by atoms with E-state index in [0.29, 0.717) is 6.04 Å². The van der Waals surface area contributed by atoms with E-state index in [0.717, 1.165) is 52.0 Å². The van der Waals surface area contributed by atoms with Gasteiger partial charge < -0.3 is 16.0 Å². The van der Waals surface area contributed by atoms with Gasteiger partial charge in [0.25, 0.3) is 0 Å². The number of nitrogens with two attached hydrogens (primary N) is 1. The van der Waals surface area contributed by atoms with Crippen molar-refractivity contribution in [1.29, 1.82) is 0 Å². The predicted octanol–water partition coefficient (Wildman–Crippen LogP) is 1.44. The largest absolute Gasteiger partial charge is 0.369 e. The number of piperazine rings is 1. The minimum Gasteiger partial charge on any atom is -0.369 e. The zero-order valence-electron chi connectivity index (χ0n) is 14.7. The Balaban J connectivity index is 1.40. The fraction of sp³-hybridized carbons (Fsp3) is 0.632. The van der Waals surface area contributed by atoms with Gasteiger partial charge in [-0.15, -0.1) is 0 Å². The minimum atomic E-state index is 0.127. The smallest absolute Gasteiger partial charge is 0.223 e. The predicted molar refractivity (Wildman–Crippen MR) is 98.0 cm³/mol. The van der Waals surface area contributed by atoms with Crippen molar-refractivity contribution in [2.75, 3.05) is 37.6 Å². The van der Waals surface area contributed by atoms with Crippen molar-refractivity contribution in [3.8, 4) is 0 Å². The fourth-order valence-electron chi connectivity index (χ4n) is 3.84. The van der Waals surface area contributed by atoms with Crippen LogP contribution in [0.3, 0.4) is 0 Å². The van der Waals surface area contributed by atoms with Crippen LogP contribution in [0.4, 0.5) is 5.69 Å². The molecule has 5 nitrogen and oxygen atoms in total. The fourth-order valence-corrected chi connectivity index (χ4v) is 3.84. The van der Waals surface area contributed by atoms with Crippen molar-refractivity contribution in [3.05, 3.63) is 30.3 Å². The molecule has 1 saturated heterocycles. The lowest BCUT2D eigenvalue weighted by Crippen LogP contribution is -2.52. The highest BCUT2D eigenvalue weighted by Gasteiger charge is 2.28. The van der Waals surface area contributed by atoms with Crippen LogP contribution >= 0.6 is 0 Å². The summed E-state index contributed by atoms with van der Waals surface area (Å²) in [5.41, 5.74) is 7.21. The number of nitrogens with one attached hydrogen (secondary N) is 1. The van der Waals surface area contributed by atoms with Crippen molar-refractivity contribution in [2.45, 2.75) is 38.3 Å². The van der Waals surface area contributed by atoms with Gasteiger partial charge in [-0.2, -0.15) is 0 Å². The maximum atomic E-state index is 12.2. The second kappa shape index (κ2) is 7.99. The lowest BCUT2D eigenvalue weighted by Gasteiger charge is -2.39.